The van der Waals surface area contributed by atoms with Gasteiger partial charge in [0.2, 0.25) is 5.13 Å². The molecular weight excluding hydrogens is 340 g/mol. The molecule has 1 aliphatic heterocycles. The summed E-state index contributed by atoms with van der Waals surface area (Å²) in [4.78, 5) is 18.7. The van der Waals surface area contributed by atoms with E-state index in [1.54, 1.807) is 11.1 Å². The number of rotatable bonds is 7. The van der Waals surface area contributed by atoms with Crippen molar-refractivity contribution in [1.29, 1.82) is 0 Å². The monoisotopic (exact) mass is 362 g/mol. The van der Waals surface area contributed by atoms with Gasteiger partial charge in [-0.1, -0.05) is 17.4 Å². The molecule has 0 radical (unpaired) electrons. The summed E-state index contributed by atoms with van der Waals surface area (Å²) >= 11 is 1.34. The van der Waals surface area contributed by atoms with Crippen LogP contribution in [0, 0.1) is 0 Å². The van der Waals surface area contributed by atoms with Crippen LogP contribution >= 0.6 is 11.3 Å². The van der Waals surface area contributed by atoms with Gasteiger partial charge in [0, 0.05) is 32.3 Å². The van der Waals surface area contributed by atoms with Crippen molar-refractivity contribution in [3.63, 3.8) is 0 Å². The van der Waals surface area contributed by atoms with Crippen LogP contribution < -0.4 is 11.1 Å². The van der Waals surface area contributed by atoms with Crippen molar-refractivity contribution >= 4 is 22.5 Å². The minimum absolute atomic E-state index is 0.0948. The topological polar surface area (TPSA) is 106 Å². The van der Waals surface area contributed by atoms with Crippen LogP contribution in [0.3, 0.4) is 0 Å². The molecule has 8 nitrogen and oxygen atoms in total. The van der Waals surface area contributed by atoms with Crippen LogP contribution in [0.4, 0.5) is 9.93 Å². The van der Waals surface area contributed by atoms with Crippen molar-refractivity contribution in [1.82, 2.24) is 25.4 Å². The highest BCUT2D eigenvalue weighted by Crippen LogP contribution is 2.15. The van der Waals surface area contributed by atoms with Gasteiger partial charge in [-0.25, -0.2) is 4.79 Å². The number of nitrogens with zero attached hydrogens (tertiary/aromatic N) is 4. The summed E-state index contributed by atoms with van der Waals surface area (Å²) in [6.07, 6.45) is 4.46. The van der Waals surface area contributed by atoms with Gasteiger partial charge in [0.15, 0.2) is 0 Å². The normalized spacial score (nSPS) is 16.7. The molecule has 2 amide bonds. The van der Waals surface area contributed by atoms with Crippen LogP contribution in [0.2, 0.25) is 0 Å². The van der Waals surface area contributed by atoms with Gasteiger partial charge in [-0.15, -0.1) is 10.2 Å². The Balaban J connectivity index is 1.55. The molecule has 25 heavy (non-hydrogen) atoms. The zero-order chi connectivity index (χ0) is 17.5. The lowest BCUT2D eigenvalue weighted by molar-refractivity contribution is 0.0792. The number of hydrogen-bond acceptors (Lipinski definition) is 7. The molecule has 2 aromatic heterocycles. The molecule has 0 bridgehead atoms. The van der Waals surface area contributed by atoms with Crippen molar-refractivity contribution < 1.29 is 9.53 Å². The summed E-state index contributed by atoms with van der Waals surface area (Å²) in [6.45, 7) is 2.27. The molecule has 0 aromatic carbocycles. The molecule has 0 saturated carbocycles. The fraction of sp³-hybridized carbons (Fsp3) is 0.500. The molecule has 1 atom stereocenters. The fourth-order valence-corrected chi connectivity index (χ4v) is 3.31. The Morgan fingerprint density at radius 3 is 3.04 bits per heavy atom. The van der Waals surface area contributed by atoms with Gasteiger partial charge >= 0.3 is 6.03 Å². The van der Waals surface area contributed by atoms with E-state index in [2.05, 4.69) is 20.5 Å². The number of hydrogen-bond donors (Lipinski definition) is 2. The first-order valence-electron chi connectivity index (χ1n) is 8.33. The Bertz CT molecular complexity index is 674. The molecule has 3 heterocycles. The van der Waals surface area contributed by atoms with E-state index in [9.17, 15) is 4.79 Å². The summed E-state index contributed by atoms with van der Waals surface area (Å²) in [5, 5.41) is 11.9. The van der Waals surface area contributed by atoms with Gasteiger partial charge in [-0.2, -0.15) is 0 Å². The van der Waals surface area contributed by atoms with E-state index in [-0.39, 0.29) is 12.1 Å². The third-order valence-corrected chi connectivity index (χ3v) is 4.72. The smallest absolute Gasteiger partial charge is 0.317 e. The van der Waals surface area contributed by atoms with Gasteiger partial charge in [-0.3, -0.25) is 4.98 Å². The molecule has 0 spiro atoms. The Labute approximate surface area is 150 Å². The van der Waals surface area contributed by atoms with Crippen LogP contribution in [0.5, 0.6) is 0 Å². The molecule has 1 aliphatic rings. The van der Waals surface area contributed by atoms with Crippen LogP contribution in [0.15, 0.2) is 24.4 Å². The second-order valence-electron chi connectivity index (χ2n) is 5.85. The van der Waals surface area contributed by atoms with E-state index >= 15 is 0 Å². The third kappa shape index (κ3) is 5.36. The maximum atomic E-state index is 12.6. The molecule has 9 heteroatoms. The number of urea groups is 1. The summed E-state index contributed by atoms with van der Waals surface area (Å²) in [7, 11) is 0. The van der Waals surface area contributed by atoms with Crippen molar-refractivity contribution in [3.05, 3.63) is 35.1 Å². The number of nitrogen functional groups attached to an aromatic ring is 1. The van der Waals surface area contributed by atoms with E-state index in [0.717, 1.165) is 30.2 Å². The number of anilines is 1. The van der Waals surface area contributed by atoms with E-state index in [1.165, 1.54) is 11.3 Å². The molecule has 0 aliphatic carbocycles. The second-order valence-corrected chi connectivity index (χ2v) is 6.95. The Kier molecular flexibility index (Phi) is 6.13. The zero-order valence-electron chi connectivity index (χ0n) is 13.9. The lowest BCUT2D eigenvalue weighted by Gasteiger charge is -2.25. The Hall–Kier alpha value is -2.26. The highest BCUT2D eigenvalue weighted by atomic mass is 32.1. The number of amides is 2. The maximum Gasteiger partial charge on any atom is 0.317 e. The number of carbonyl (C=O) groups excluding carboxylic acids is 1. The number of aromatic nitrogens is 3. The van der Waals surface area contributed by atoms with Crippen LogP contribution in [0.1, 0.15) is 23.5 Å². The number of ether oxygens (including phenoxy) is 1. The van der Waals surface area contributed by atoms with E-state index < -0.39 is 0 Å². The summed E-state index contributed by atoms with van der Waals surface area (Å²) in [5.41, 5.74) is 6.42. The van der Waals surface area contributed by atoms with Crippen molar-refractivity contribution in [2.24, 2.45) is 0 Å². The molecule has 2 aromatic rings. The highest BCUT2D eigenvalue weighted by Gasteiger charge is 2.23. The first-order valence-corrected chi connectivity index (χ1v) is 9.14. The minimum atomic E-state index is -0.126. The van der Waals surface area contributed by atoms with Crippen LogP contribution in [0.25, 0.3) is 0 Å². The first-order chi connectivity index (χ1) is 12.2. The zero-order valence-corrected chi connectivity index (χ0v) is 14.7. The Morgan fingerprint density at radius 2 is 2.36 bits per heavy atom. The van der Waals surface area contributed by atoms with Gasteiger partial charge in [0.25, 0.3) is 0 Å². The van der Waals surface area contributed by atoms with E-state index in [1.807, 2.05) is 18.2 Å². The predicted molar refractivity (Wildman–Crippen MR) is 95.0 cm³/mol. The number of carbonyl (C=O) groups is 1. The van der Waals surface area contributed by atoms with Crippen molar-refractivity contribution in [2.45, 2.75) is 31.9 Å². The van der Waals surface area contributed by atoms with Gasteiger partial charge in [0.1, 0.15) is 5.01 Å². The Morgan fingerprint density at radius 1 is 1.44 bits per heavy atom. The predicted octanol–water partition coefficient (Wildman–Crippen LogP) is 1.45. The molecule has 3 rings (SSSR count). The maximum absolute atomic E-state index is 12.6. The van der Waals surface area contributed by atoms with E-state index in [4.69, 9.17) is 10.5 Å². The highest BCUT2D eigenvalue weighted by molar-refractivity contribution is 7.15. The first kappa shape index (κ1) is 17.6. The number of pyridine rings is 1. The third-order valence-electron chi connectivity index (χ3n) is 3.91. The lowest BCUT2D eigenvalue weighted by Crippen LogP contribution is -2.44. The van der Waals surface area contributed by atoms with Crippen LogP contribution in [-0.2, 0) is 17.7 Å². The molecule has 1 saturated heterocycles. The van der Waals surface area contributed by atoms with Crippen molar-refractivity contribution in [2.75, 3.05) is 25.4 Å². The summed E-state index contributed by atoms with van der Waals surface area (Å²) in [6, 6.07) is 5.57. The van der Waals surface area contributed by atoms with Crippen LogP contribution in [-0.4, -0.2) is 51.9 Å². The molecule has 0 unspecified atom stereocenters. The number of nitrogens with two attached hydrogens (primary N) is 1. The lowest BCUT2D eigenvalue weighted by atomic mass is 10.2. The SMILES string of the molecule is Nc1nnc(CCNC(=O)N(Cc2ccccn2)C[C@@H]2CCCO2)s1. The van der Waals surface area contributed by atoms with Gasteiger partial charge in [0.05, 0.1) is 18.3 Å². The van der Waals surface area contributed by atoms with Gasteiger partial charge in [-0.05, 0) is 25.0 Å². The quantitative estimate of drug-likeness (QED) is 0.772. The molecular formula is C16H22N6O2S. The minimum Gasteiger partial charge on any atom is -0.376 e. The molecule has 1 fully saturated rings. The fourth-order valence-electron chi connectivity index (χ4n) is 2.70. The molecule has 134 valence electrons. The van der Waals surface area contributed by atoms with Gasteiger partial charge < -0.3 is 20.7 Å². The average Bonchev–Trinajstić information content (AvgIpc) is 3.27. The molecule has 3 N–H and O–H groups in total. The standard InChI is InChI=1S/C16H22N6O2S/c17-15-21-20-14(25-15)6-8-19-16(23)22(11-13-5-3-9-24-13)10-12-4-1-2-7-18-12/h1-2,4,7,13H,3,5-6,8-11H2,(H2,17,21)(H,19,23)/t13-/m0/s1. The summed E-state index contributed by atoms with van der Waals surface area (Å²) < 4.78 is 5.68. The largest absolute Gasteiger partial charge is 0.376 e. The summed E-state index contributed by atoms with van der Waals surface area (Å²) in [5.74, 6) is 0. The second kappa shape index (κ2) is 8.72. The number of nitrogens with one attached hydrogen (secondary N) is 1. The van der Waals surface area contributed by atoms with Crippen molar-refractivity contribution in [3.8, 4) is 0 Å². The average molecular weight is 362 g/mol. The van der Waals surface area contributed by atoms with E-state index in [0.29, 0.717) is 31.2 Å².